The van der Waals surface area contributed by atoms with Gasteiger partial charge in [0.15, 0.2) is 6.73 Å². The van der Waals surface area contributed by atoms with Crippen molar-refractivity contribution in [3.8, 4) is 0 Å². The maximum atomic E-state index is 10.5. The Balaban J connectivity index is 3.45. The lowest BCUT2D eigenvalue weighted by Crippen LogP contribution is -2.12. The highest BCUT2D eigenvalue weighted by Gasteiger charge is 2.03. The predicted molar refractivity (Wildman–Crippen MR) is 36.7 cm³/mol. The Morgan fingerprint density at radius 1 is 1.73 bits per heavy atom. The second-order valence-corrected chi connectivity index (χ2v) is 1.92. The van der Waals surface area contributed by atoms with Crippen molar-refractivity contribution in [2.75, 3.05) is 6.73 Å². The SMILES string of the molecule is CC(C)OC(=O)OCN=[N+]=[N-]. The summed E-state index contributed by atoms with van der Waals surface area (Å²) in [5.41, 5.74) is 7.79. The van der Waals surface area contributed by atoms with E-state index in [2.05, 4.69) is 19.5 Å². The lowest BCUT2D eigenvalue weighted by atomic mass is 10.5. The van der Waals surface area contributed by atoms with Crippen LogP contribution in [-0.2, 0) is 9.47 Å². The maximum absolute atomic E-state index is 10.5. The van der Waals surface area contributed by atoms with E-state index in [-0.39, 0.29) is 12.8 Å². The first-order valence-electron chi connectivity index (χ1n) is 3.01. The Morgan fingerprint density at radius 2 is 2.36 bits per heavy atom. The van der Waals surface area contributed by atoms with E-state index in [4.69, 9.17) is 5.53 Å². The first-order valence-corrected chi connectivity index (χ1v) is 3.01. The van der Waals surface area contributed by atoms with Gasteiger partial charge in [-0.1, -0.05) is 5.11 Å². The number of rotatable bonds is 3. The number of nitrogens with zero attached hydrogens (tertiary/aromatic N) is 3. The van der Waals surface area contributed by atoms with Gasteiger partial charge in [0.05, 0.1) is 6.10 Å². The van der Waals surface area contributed by atoms with Crippen LogP contribution in [0.3, 0.4) is 0 Å². The highest BCUT2D eigenvalue weighted by molar-refractivity contribution is 5.59. The second-order valence-electron chi connectivity index (χ2n) is 1.92. The molecule has 6 heteroatoms. The Hall–Kier alpha value is -1.42. The maximum Gasteiger partial charge on any atom is 0.508 e. The van der Waals surface area contributed by atoms with E-state index in [0.717, 1.165) is 0 Å². The van der Waals surface area contributed by atoms with Crippen molar-refractivity contribution in [3.05, 3.63) is 10.4 Å². The number of ether oxygens (including phenoxy) is 2. The van der Waals surface area contributed by atoms with Crippen molar-refractivity contribution in [1.29, 1.82) is 0 Å². The van der Waals surface area contributed by atoms with Gasteiger partial charge in [-0.2, -0.15) is 0 Å². The molecule has 0 atom stereocenters. The number of carbonyl (C=O) groups excluding carboxylic acids is 1. The first kappa shape index (κ1) is 9.58. The van der Waals surface area contributed by atoms with Crippen LogP contribution in [0.25, 0.3) is 10.4 Å². The summed E-state index contributed by atoms with van der Waals surface area (Å²) in [5.74, 6) is 0. The van der Waals surface area contributed by atoms with E-state index in [1.807, 2.05) is 0 Å². The highest BCUT2D eigenvalue weighted by Crippen LogP contribution is 1.92. The van der Waals surface area contributed by atoms with Crippen LogP contribution in [0.15, 0.2) is 5.11 Å². The molecule has 0 aromatic heterocycles. The van der Waals surface area contributed by atoms with Gasteiger partial charge in [-0.05, 0) is 19.4 Å². The zero-order valence-electron chi connectivity index (χ0n) is 6.35. The van der Waals surface area contributed by atoms with E-state index in [1.54, 1.807) is 13.8 Å². The molecular formula is C5H9N3O3. The van der Waals surface area contributed by atoms with Crippen molar-refractivity contribution in [2.24, 2.45) is 5.11 Å². The minimum Gasteiger partial charge on any atom is -0.432 e. The average molecular weight is 159 g/mol. The van der Waals surface area contributed by atoms with Gasteiger partial charge in [0, 0.05) is 4.91 Å². The molecule has 0 bridgehead atoms. The van der Waals surface area contributed by atoms with E-state index < -0.39 is 6.16 Å². The molecule has 0 aromatic rings. The topological polar surface area (TPSA) is 84.3 Å². The van der Waals surface area contributed by atoms with Gasteiger partial charge >= 0.3 is 6.16 Å². The zero-order valence-corrected chi connectivity index (χ0v) is 6.35. The fourth-order valence-corrected chi connectivity index (χ4v) is 0.334. The Kier molecular flexibility index (Phi) is 4.68. The molecule has 6 nitrogen and oxygen atoms in total. The van der Waals surface area contributed by atoms with Crippen LogP contribution in [-0.4, -0.2) is 19.0 Å². The van der Waals surface area contributed by atoms with E-state index in [0.29, 0.717) is 0 Å². The Labute approximate surface area is 63.7 Å². The highest BCUT2D eigenvalue weighted by atomic mass is 16.7. The molecule has 0 radical (unpaired) electrons. The third kappa shape index (κ3) is 6.47. The summed E-state index contributed by atoms with van der Waals surface area (Å²) in [7, 11) is 0. The van der Waals surface area contributed by atoms with E-state index >= 15 is 0 Å². The fourth-order valence-electron chi connectivity index (χ4n) is 0.334. The van der Waals surface area contributed by atoms with Gasteiger partial charge in [0.25, 0.3) is 0 Å². The molecule has 0 rings (SSSR count). The molecule has 0 aliphatic carbocycles. The quantitative estimate of drug-likeness (QED) is 0.272. The summed E-state index contributed by atoms with van der Waals surface area (Å²) in [4.78, 5) is 12.9. The summed E-state index contributed by atoms with van der Waals surface area (Å²) in [5, 5.41) is 2.98. The number of carbonyl (C=O) groups is 1. The third-order valence-corrected chi connectivity index (χ3v) is 0.635. The van der Waals surface area contributed by atoms with E-state index in [1.165, 1.54) is 0 Å². The lowest BCUT2D eigenvalue weighted by Gasteiger charge is -2.05. The van der Waals surface area contributed by atoms with Crippen LogP contribution in [0.1, 0.15) is 13.8 Å². The van der Waals surface area contributed by atoms with Crippen LogP contribution < -0.4 is 0 Å². The Morgan fingerprint density at radius 3 is 2.82 bits per heavy atom. The molecule has 11 heavy (non-hydrogen) atoms. The standard InChI is InChI=1S/C5H9N3O3/c1-4(2)11-5(9)10-3-7-8-6/h4H,3H2,1-2H3. The Bertz CT molecular complexity index is 174. The summed E-state index contributed by atoms with van der Waals surface area (Å²) >= 11 is 0. The number of hydrogen-bond acceptors (Lipinski definition) is 4. The van der Waals surface area contributed by atoms with Gasteiger partial charge in [0.2, 0.25) is 0 Å². The molecule has 0 aromatic carbocycles. The first-order chi connectivity index (χ1) is 5.16. The van der Waals surface area contributed by atoms with Gasteiger partial charge in [-0.25, -0.2) is 4.79 Å². The van der Waals surface area contributed by atoms with Crippen molar-refractivity contribution < 1.29 is 14.3 Å². The van der Waals surface area contributed by atoms with Crippen molar-refractivity contribution >= 4 is 6.16 Å². The number of azide groups is 1. The third-order valence-electron chi connectivity index (χ3n) is 0.635. The van der Waals surface area contributed by atoms with E-state index in [9.17, 15) is 4.79 Å². The molecule has 0 saturated heterocycles. The van der Waals surface area contributed by atoms with Crippen molar-refractivity contribution in [1.82, 2.24) is 0 Å². The molecule has 0 fully saturated rings. The molecule has 0 aliphatic rings. The van der Waals surface area contributed by atoms with Gasteiger partial charge in [-0.3, -0.25) is 0 Å². The minimum atomic E-state index is -0.826. The lowest BCUT2D eigenvalue weighted by molar-refractivity contribution is 0.0362. The molecule has 0 unspecified atom stereocenters. The van der Waals surface area contributed by atoms with Gasteiger partial charge in [0.1, 0.15) is 0 Å². The van der Waals surface area contributed by atoms with Gasteiger partial charge in [-0.15, -0.1) is 0 Å². The predicted octanol–water partition coefficient (Wildman–Crippen LogP) is 1.82. The summed E-state index contributed by atoms with van der Waals surface area (Å²) < 4.78 is 8.86. The molecule has 62 valence electrons. The average Bonchev–Trinajstić information content (AvgIpc) is 1.86. The summed E-state index contributed by atoms with van der Waals surface area (Å²) in [6.45, 7) is 3.05. The molecule has 0 spiro atoms. The van der Waals surface area contributed by atoms with Crippen molar-refractivity contribution in [3.63, 3.8) is 0 Å². The van der Waals surface area contributed by atoms with Crippen LogP contribution >= 0.6 is 0 Å². The molecular weight excluding hydrogens is 150 g/mol. The summed E-state index contributed by atoms with van der Waals surface area (Å²) in [6.07, 6.45) is -1.05. The largest absolute Gasteiger partial charge is 0.508 e. The van der Waals surface area contributed by atoms with Crippen LogP contribution in [0.5, 0.6) is 0 Å². The zero-order chi connectivity index (χ0) is 8.69. The second kappa shape index (κ2) is 5.37. The molecule has 0 saturated carbocycles. The summed E-state index contributed by atoms with van der Waals surface area (Å²) in [6, 6.07) is 0. The van der Waals surface area contributed by atoms with Crippen LogP contribution in [0.4, 0.5) is 4.79 Å². The number of hydrogen-bond donors (Lipinski definition) is 0. The molecule has 0 aliphatic heterocycles. The molecule has 0 heterocycles. The smallest absolute Gasteiger partial charge is 0.432 e. The van der Waals surface area contributed by atoms with Crippen LogP contribution in [0.2, 0.25) is 0 Å². The monoisotopic (exact) mass is 159 g/mol. The fraction of sp³-hybridized carbons (Fsp3) is 0.800. The van der Waals surface area contributed by atoms with Crippen LogP contribution in [0, 0.1) is 0 Å². The minimum absolute atomic E-state index is 0.228. The van der Waals surface area contributed by atoms with Crippen molar-refractivity contribution in [2.45, 2.75) is 20.0 Å². The normalized spacial score (nSPS) is 8.64. The van der Waals surface area contributed by atoms with Gasteiger partial charge < -0.3 is 9.47 Å². The molecule has 0 N–H and O–H groups in total. The molecule has 0 amide bonds.